The highest BCUT2D eigenvalue weighted by Gasteiger charge is 2.09. The van der Waals surface area contributed by atoms with Crippen LogP contribution in [-0.2, 0) is 16.2 Å². The van der Waals surface area contributed by atoms with E-state index in [1.807, 2.05) is 13.0 Å². The van der Waals surface area contributed by atoms with E-state index in [4.69, 9.17) is 32.7 Å². The minimum Gasteiger partial charge on any atom is -0.494 e. The molecule has 176 valence electrons. The molecule has 2 N–H and O–H groups in total. The molecule has 0 heterocycles. The minimum atomic E-state index is -0.528. The van der Waals surface area contributed by atoms with Crippen molar-refractivity contribution in [3.05, 3.63) is 87.9 Å². The average molecular weight is 500 g/mol. The molecular formula is C25H23Cl2N3O4. The molecule has 3 aromatic rings. The van der Waals surface area contributed by atoms with Crippen molar-refractivity contribution in [2.24, 2.45) is 5.10 Å². The number of ether oxygens (including phenoxy) is 2. The number of halogens is 2. The maximum absolute atomic E-state index is 12.0. The Morgan fingerprint density at radius 2 is 1.59 bits per heavy atom. The van der Waals surface area contributed by atoms with Gasteiger partial charge in [0.2, 0.25) is 11.8 Å². The van der Waals surface area contributed by atoms with Crippen molar-refractivity contribution >= 4 is 46.9 Å². The van der Waals surface area contributed by atoms with Gasteiger partial charge in [-0.2, -0.15) is 5.10 Å². The summed E-state index contributed by atoms with van der Waals surface area (Å²) in [6, 6.07) is 19.2. The third-order valence-electron chi connectivity index (χ3n) is 4.46. The molecule has 0 aliphatic rings. The molecule has 0 fully saturated rings. The summed E-state index contributed by atoms with van der Waals surface area (Å²) in [5.74, 6) is 0.384. The summed E-state index contributed by atoms with van der Waals surface area (Å²) in [5, 5.41) is 7.64. The first-order valence-corrected chi connectivity index (χ1v) is 11.2. The third kappa shape index (κ3) is 8.10. The molecule has 0 bridgehead atoms. The monoisotopic (exact) mass is 499 g/mol. The largest absolute Gasteiger partial charge is 0.494 e. The molecule has 0 aliphatic heterocycles. The lowest BCUT2D eigenvalue weighted by atomic mass is 10.2. The molecule has 0 radical (unpaired) electrons. The predicted molar refractivity (Wildman–Crippen MR) is 134 cm³/mol. The molecule has 34 heavy (non-hydrogen) atoms. The highest BCUT2D eigenvalue weighted by atomic mass is 35.5. The average Bonchev–Trinajstić information content (AvgIpc) is 2.81. The smallest absolute Gasteiger partial charge is 0.249 e. The normalized spacial score (nSPS) is 10.7. The van der Waals surface area contributed by atoms with Crippen molar-refractivity contribution in [2.45, 2.75) is 20.0 Å². The zero-order valence-electron chi connectivity index (χ0n) is 18.4. The Morgan fingerprint density at radius 3 is 2.26 bits per heavy atom. The van der Waals surface area contributed by atoms with E-state index in [0.29, 0.717) is 40.4 Å². The van der Waals surface area contributed by atoms with Crippen molar-refractivity contribution in [3.63, 3.8) is 0 Å². The fourth-order valence-electron chi connectivity index (χ4n) is 2.82. The summed E-state index contributed by atoms with van der Waals surface area (Å²) < 4.78 is 11.1. The Balaban J connectivity index is 1.41. The molecule has 3 aromatic carbocycles. The summed E-state index contributed by atoms with van der Waals surface area (Å²) in [6.45, 7) is 2.75. The van der Waals surface area contributed by atoms with Crippen LogP contribution >= 0.6 is 23.2 Å². The van der Waals surface area contributed by atoms with Gasteiger partial charge in [-0.1, -0.05) is 29.3 Å². The number of carbonyl (C=O) groups is 2. The Morgan fingerprint density at radius 1 is 0.912 bits per heavy atom. The number of carbonyl (C=O) groups excluding carboxylic acids is 2. The molecule has 0 aliphatic carbocycles. The molecule has 2 amide bonds. The molecular weight excluding hydrogens is 477 g/mol. The predicted octanol–water partition coefficient (Wildman–Crippen LogP) is 5.45. The lowest BCUT2D eigenvalue weighted by molar-refractivity contribution is -0.126. The van der Waals surface area contributed by atoms with E-state index in [0.717, 1.165) is 11.1 Å². The van der Waals surface area contributed by atoms with Crippen LogP contribution in [0.25, 0.3) is 0 Å². The second kappa shape index (κ2) is 12.6. The Bertz CT molecular complexity index is 1150. The number of nitrogens with one attached hydrogen (secondary N) is 2. The molecule has 0 aromatic heterocycles. The highest BCUT2D eigenvalue weighted by molar-refractivity contribution is 6.35. The summed E-state index contributed by atoms with van der Waals surface area (Å²) in [5.41, 5.74) is 4.48. The molecule has 0 saturated heterocycles. The maximum atomic E-state index is 12.0. The maximum Gasteiger partial charge on any atom is 0.249 e. The Labute approximate surface area is 207 Å². The topological polar surface area (TPSA) is 89.0 Å². The SMILES string of the molecule is CCOc1ccc(NC(=O)CC(=O)NN=Cc2ccc(OCc3ccc(Cl)cc3Cl)cc2)cc1. The van der Waals surface area contributed by atoms with E-state index >= 15 is 0 Å². The molecule has 9 heteroatoms. The van der Waals surface area contributed by atoms with Crippen molar-refractivity contribution in [1.82, 2.24) is 5.43 Å². The first-order valence-electron chi connectivity index (χ1n) is 10.4. The fourth-order valence-corrected chi connectivity index (χ4v) is 3.28. The summed E-state index contributed by atoms with van der Waals surface area (Å²) in [6.07, 6.45) is 1.12. The number of hydrazone groups is 1. The van der Waals surface area contributed by atoms with Crippen molar-refractivity contribution < 1.29 is 19.1 Å². The third-order valence-corrected chi connectivity index (χ3v) is 5.05. The standard InChI is InChI=1S/C25H23Cl2N3O4/c1-2-33-21-11-7-20(8-12-21)29-24(31)14-25(32)30-28-15-17-3-9-22(10-4-17)34-16-18-5-6-19(26)13-23(18)27/h3-13,15H,2,14,16H2,1H3,(H,29,31)(H,30,32). The van der Waals surface area contributed by atoms with E-state index in [1.165, 1.54) is 6.21 Å². The second-order valence-corrected chi connectivity index (χ2v) is 7.91. The lowest BCUT2D eigenvalue weighted by Gasteiger charge is -2.08. The van der Waals surface area contributed by atoms with Crippen LogP contribution in [0.3, 0.4) is 0 Å². The Hall–Kier alpha value is -3.55. The van der Waals surface area contributed by atoms with Crippen LogP contribution in [0.1, 0.15) is 24.5 Å². The van der Waals surface area contributed by atoms with Crippen LogP contribution in [0.2, 0.25) is 10.0 Å². The first-order chi connectivity index (χ1) is 16.4. The van der Waals surface area contributed by atoms with Crippen LogP contribution in [0, 0.1) is 0 Å². The van der Waals surface area contributed by atoms with E-state index in [2.05, 4.69) is 15.8 Å². The van der Waals surface area contributed by atoms with Crippen LogP contribution in [0.15, 0.2) is 71.8 Å². The number of anilines is 1. The van der Waals surface area contributed by atoms with E-state index in [9.17, 15) is 9.59 Å². The molecule has 0 spiro atoms. The van der Waals surface area contributed by atoms with Gasteiger partial charge in [-0.25, -0.2) is 5.43 Å². The number of hydrogen-bond donors (Lipinski definition) is 2. The van der Waals surface area contributed by atoms with Gasteiger partial charge >= 0.3 is 0 Å². The summed E-state index contributed by atoms with van der Waals surface area (Å²) >= 11 is 12.0. The van der Waals surface area contributed by atoms with Gasteiger partial charge < -0.3 is 14.8 Å². The number of amides is 2. The number of hydrogen-bond acceptors (Lipinski definition) is 5. The van der Waals surface area contributed by atoms with E-state index in [-0.39, 0.29) is 6.42 Å². The van der Waals surface area contributed by atoms with Gasteiger partial charge in [-0.15, -0.1) is 0 Å². The second-order valence-electron chi connectivity index (χ2n) is 7.07. The van der Waals surface area contributed by atoms with Crippen molar-refractivity contribution in [1.29, 1.82) is 0 Å². The molecule has 7 nitrogen and oxygen atoms in total. The van der Waals surface area contributed by atoms with E-state index in [1.54, 1.807) is 60.7 Å². The number of benzene rings is 3. The van der Waals surface area contributed by atoms with Gasteiger partial charge in [0.05, 0.1) is 12.8 Å². The minimum absolute atomic E-state index is 0.304. The highest BCUT2D eigenvalue weighted by Crippen LogP contribution is 2.23. The van der Waals surface area contributed by atoms with Gasteiger partial charge in [0.25, 0.3) is 0 Å². The van der Waals surface area contributed by atoms with Gasteiger partial charge in [0, 0.05) is 21.3 Å². The molecule has 3 rings (SSSR count). The van der Waals surface area contributed by atoms with Gasteiger partial charge in [0.1, 0.15) is 24.5 Å². The zero-order valence-corrected chi connectivity index (χ0v) is 19.9. The van der Waals surface area contributed by atoms with Crippen LogP contribution in [0.5, 0.6) is 11.5 Å². The van der Waals surface area contributed by atoms with Crippen molar-refractivity contribution in [2.75, 3.05) is 11.9 Å². The number of nitrogens with zero attached hydrogens (tertiary/aromatic N) is 1. The summed E-state index contributed by atoms with van der Waals surface area (Å²) in [7, 11) is 0. The molecule has 0 unspecified atom stereocenters. The molecule has 0 saturated carbocycles. The summed E-state index contributed by atoms with van der Waals surface area (Å²) in [4.78, 5) is 24.0. The molecule has 0 atom stereocenters. The van der Waals surface area contributed by atoms with Crippen LogP contribution < -0.4 is 20.2 Å². The first kappa shape index (κ1) is 25.1. The zero-order chi connectivity index (χ0) is 24.3. The fraction of sp³-hybridized carbons (Fsp3) is 0.160. The van der Waals surface area contributed by atoms with Crippen LogP contribution in [0.4, 0.5) is 5.69 Å². The van der Waals surface area contributed by atoms with Gasteiger partial charge in [-0.3, -0.25) is 9.59 Å². The quantitative estimate of drug-likeness (QED) is 0.220. The van der Waals surface area contributed by atoms with Gasteiger partial charge in [-0.05, 0) is 73.2 Å². The van der Waals surface area contributed by atoms with Crippen molar-refractivity contribution in [3.8, 4) is 11.5 Å². The van der Waals surface area contributed by atoms with E-state index < -0.39 is 11.8 Å². The lowest BCUT2D eigenvalue weighted by Crippen LogP contribution is -2.24. The number of rotatable bonds is 10. The Kier molecular flexibility index (Phi) is 9.31. The van der Waals surface area contributed by atoms with Gasteiger partial charge in [0.15, 0.2) is 0 Å². The van der Waals surface area contributed by atoms with Crippen LogP contribution in [-0.4, -0.2) is 24.6 Å².